The lowest BCUT2D eigenvalue weighted by Gasteiger charge is -2.28. The maximum Gasteiger partial charge on any atom is 0.270 e. The highest BCUT2D eigenvalue weighted by atomic mass is 79.9. The van der Waals surface area contributed by atoms with Crippen LogP contribution in [-0.2, 0) is 14.8 Å². The molecule has 208 valence electrons. The average Bonchev–Trinajstić information content (AvgIpc) is 2.95. The second-order valence-corrected chi connectivity index (χ2v) is 11.9. The highest BCUT2D eigenvalue weighted by Gasteiger charge is 2.19. The van der Waals surface area contributed by atoms with E-state index >= 15 is 0 Å². The van der Waals surface area contributed by atoms with Crippen LogP contribution in [-0.4, -0.2) is 74.9 Å². The maximum absolute atomic E-state index is 13.2. The van der Waals surface area contributed by atoms with Crippen LogP contribution in [0, 0.1) is 0 Å². The first-order valence-electron chi connectivity index (χ1n) is 12.6. The van der Waals surface area contributed by atoms with Gasteiger partial charge in [0, 0.05) is 59.2 Å². The summed E-state index contributed by atoms with van der Waals surface area (Å²) >= 11 is 3.56. The van der Waals surface area contributed by atoms with Crippen LogP contribution in [0.3, 0.4) is 0 Å². The van der Waals surface area contributed by atoms with E-state index in [1.165, 1.54) is 0 Å². The van der Waals surface area contributed by atoms with Gasteiger partial charge >= 0.3 is 0 Å². The number of amides is 1. The first-order chi connectivity index (χ1) is 19.3. The number of ether oxygens (including phenoxy) is 1. The summed E-state index contributed by atoms with van der Waals surface area (Å²) in [7, 11) is -3.37. The van der Waals surface area contributed by atoms with Gasteiger partial charge in [0.05, 0.1) is 19.5 Å². The molecule has 40 heavy (non-hydrogen) atoms. The number of benzene rings is 2. The molecule has 0 saturated carbocycles. The number of nitrogens with one attached hydrogen (secondary N) is 3. The maximum atomic E-state index is 13.2. The van der Waals surface area contributed by atoms with Crippen LogP contribution in [0.2, 0.25) is 0 Å². The number of pyridine rings is 1. The van der Waals surface area contributed by atoms with Gasteiger partial charge in [0.2, 0.25) is 16.0 Å². The molecule has 0 spiro atoms. The van der Waals surface area contributed by atoms with Crippen LogP contribution in [0.4, 0.5) is 17.3 Å². The molecule has 0 atom stereocenters. The van der Waals surface area contributed by atoms with E-state index in [-0.39, 0.29) is 18.8 Å². The van der Waals surface area contributed by atoms with Gasteiger partial charge in [-0.05, 0) is 42.0 Å². The standard InChI is InChI=1S/C27H28BrN7O4S/c1-40(37,38)31-11-10-29-26(36)24-22(21-4-2-3-5-23(21)28)16-18-17-30-27(34-25(18)33-24)32-19-6-8-20(9-7-19)35-12-14-39-15-13-35/h2-9,16-17,31H,10-15H2,1H3,(H,29,36)(H,30,32,33,34). The largest absolute Gasteiger partial charge is 0.378 e. The van der Waals surface area contributed by atoms with Crippen LogP contribution in [0.25, 0.3) is 22.2 Å². The van der Waals surface area contributed by atoms with Gasteiger partial charge < -0.3 is 20.3 Å². The SMILES string of the molecule is CS(=O)(=O)NCCNC(=O)c1nc2nc(Nc3ccc(N4CCOCC4)cc3)ncc2cc1-c1ccccc1Br. The molecule has 3 heterocycles. The fraction of sp³-hybridized carbons (Fsp3) is 0.259. The number of carbonyl (C=O) groups excluding carboxylic acids is 1. The van der Waals surface area contributed by atoms with E-state index < -0.39 is 15.9 Å². The van der Waals surface area contributed by atoms with Gasteiger partial charge in [-0.2, -0.15) is 4.98 Å². The Bertz CT molecular complexity index is 1630. The molecule has 2 aromatic carbocycles. The summed E-state index contributed by atoms with van der Waals surface area (Å²) in [5.41, 5.74) is 3.82. The minimum Gasteiger partial charge on any atom is -0.378 e. The molecule has 2 aromatic heterocycles. The highest BCUT2D eigenvalue weighted by Crippen LogP contribution is 2.32. The van der Waals surface area contributed by atoms with Crippen molar-refractivity contribution in [1.29, 1.82) is 0 Å². The molecule has 1 saturated heterocycles. The van der Waals surface area contributed by atoms with Gasteiger partial charge in [-0.1, -0.05) is 34.1 Å². The quantitative estimate of drug-likeness (QED) is 0.239. The number of nitrogens with zero attached hydrogens (tertiary/aromatic N) is 4. The molecule has 1 amide bonds. The Morgan fingerprint density at radius 3 is 2.50 bits per heavy atom. The molecule has 4 aromatic rings. The van der Waals surface area contributed by atoms with Gasteiger partial charge in [0.25, 0.3) is 5.91 Å². The smallest absolute Gasteiger partial charge is 0.270 e. The zero-order valence-corrected chi connectivity index (χ0v) is 24.1. The van der Waals surface area contributed by atoms with Crippen molar-refractivity contribution in [1.82, 2.24) is 25.0 Å². The van der Waals surface area contributed by atoms with Gasteiger partial charge in [0.15, 0.2) is 5.65 Å². The number of hydrogen-bond acceptors (Lipinski definition) is 9. The molecule has 1 aliphatic heterocycles. The van der Waals surface area contributed by atoms with Crippen molar-refractivity contribution in [3.05, 3.63) is 71.0 Å². The van der Waals surface area contributed by atoms with Crippen molar-refractivity contribution in [3.63, 3.8) is 0 Å². The first-order valence-corrected chi connectivity index (χ1v) is 15.3. The summed E-state index contributed by atoms with van der Waals surface area (Å²) < 4.78 is 31.3. The summed E-state index contributed by atoms with van der Waals surface area (Å²) in [5, 5.41) is 6.61. The van der Waals surface area contributed by atoms with Gasteiger partial charge in [-0.3, -0.25) is 4.79 Å². The number of sulfonamides is 1. The van der Waals surface area contributed by atoms with E-state index in [0.29, 0.717) is 22.5 Å². The van der Waals surface area contributed by atoms with Crippen molar-refractivity contribution in [2.45, 2.75) is 0 Å². The molecule has 3 N–H and O–H groups in total. The molecule has 0 aliphatic carbocycles. The molecule has 5 rings (SSSR count). The third-order valence-corrected chi connectivity index (χ3v) is 7.64. The predicted molar refractivity (Wildman–Crippen MR) is 158 cm³/mol. The lowest BCUT2D eigenvalue weighted by molar-refractivity contribution is 0.0950. The number of halogens is 1. The van der Waals surface area contributed by atoms with E-state index in [4.69, 9.17) is 4.74 Å². The normalized spacial score (nSPS) is 13.8. The van der Waals surface area contributed by atoms with Crippen LogP contribution >= 0.6 is 15.9 Å². The minimum atomic E-state index is -3.37. The van der Waals surface area contributed by atoms with E-state index in [1.807, 2.05) is 54.6 Å². The van der Waals surface area contributed by atoms with Crippen LogP contribution < -0.4 is 20.3 Å². The van der Waals surface area contributed by atoms with E-state index in [2.05, 4.69) is 51.1 Å². The molecule has 0 unspecified atom stereocenters. The summed E-state index contributed by atoms with van der Waals surface area (Å²) in [6.07, 6.45) is 2.73. The minimum absolute atomic E-state index is 0.0586. The molecule has 0 radical (unpaired) electrons. The Morgan fingerprint density at radius 1 is 1.02 bits per heavy atom. The van der Waals surface area contributed by atoms with Gasteiger partial charge in [-0.15, -0.1) is 0 Å². The van der Waals surface area contributed by atoms with E-state index in [0.717, 1.165) is 54.0 Å². The van der Waals surface area contributed by atoms with Crippen molar-refractivity contribution in [2.24, 2.45) is 0 Å². The van der Waals surface area contributed by atoms with E-state index in [9.17, 15) is 13.2 Å². The predicted octanol–water partition coefficient (Wildman–Crippen LogP) is 3.31. The Morgan fingerprint density at radius 2 is 1.77 bits per heavy atom. The number of hydrogen-bond donors (Lipinski definition) is 3. The summed E-state index contributed by atoms with van der Waals surface area (Å²) in [5.74, 6) is -0.105. The Balaban J connectivity index is 1.41. The van der Waals surface area contributed by atoms with Crippen molar-refractivity contribution in [2.75, 3.05) is 55.9 Å². The summed E-state index contributed by atoms with van der Waals surface area (Å²) in [6, 6.07) is 17.3. The number of morpholine rings is 1. The molecule has 1 aliphatic rings. The van der Waals surface area contributed by atoms with Crippen LogP contribution in [0.5, 0.6) is 0 Å². The van der Waals surface area contributed by atoms with Gasteiger partial charge in [0.1, 0.15) is 5.69 Å². The zero-order valence-electron chi connectivity index (χ0n) is 21.7. The van der Waals surface area contributed by atoms with Gasteiger partial charge in [-0.25, -0.2) is 23.1 Å². The lowest BCUT2D eigenvalue weighted by Crippen LogP contribution is -2.36. The zero-order chi connectivity index (χ0) is 28.1. The number of anilines is 3. The molecular formula is C27H28BrN7O4S. The summed E-state index contributed by atoms with van der Waals surface area (Å²) in [6.45, 7) is 3.31. The Labute approximate surface area is 240 Å². The number of carbonyl (C=O) groups is 1. The fourth-order valence-corrected chi connectivity index (χ4v) is 5.26. The lowest BCUT2D eigenvalue weighted by atomic mass is 10.0. The monoisotopic (exact) mass is 625 g/mol. The molecule has 0 bridgehead atoms. The Kier molecular flexibility index (Phi) is 8.54. The van der Waals surface area contributed by atoms with Crippen molar-refractivity contribution < 1.29 is 17.9 Å². The topological polar surface area (TPSA) is 138 Å². The average molecular weight is 627 g/mol. The highest BCUT2D eigenvalue weighted by molar-refractivity contribution is 9.10. The third kappa shape index (κ3) is 6.91. The van der Waals surface area contributed by atoms with Crippen molar-refractivity contribution >= 4 is 60.2 Å². The Hall–Kier alpha value is -3.65. The third-order valence-electron chi connectivity index (χ3n) is 6.22. The molecular weight excluding hydrogens is 598 g/mol. The number of aromatic nitrogens is 3. The molecule has 11 nitrogen and oxygen atoms in total. The van der Waals surface area contributed by atoms with Crippen molar-refractivity contribution in [3.8, 4) is 11.1 Å². The molecule has 13 heteroatoms. The molecule has 1 fully saturated rings. The van der Waals surface area contributed by atoms with Crippen LogP contribution in [0.15, 0.2) is 65.3 Å². The second-order valence-electron chi connectivity index (χ2n) is 9.16. The van der Waals surface area contributed by atoms with Crippen LogP contribution in [0.1, 0.15) is 10.5 Å². The second kappa shape index (κ2) is 12.3. The number of fused-ring (bicyclic) bond motifs is 1. The first kappa shape index (κ1) is 27.9. The summed E-state index contributed by atoms with van der Waals surface area (Å²) in [4.78, 5) is 29.1. The van der Waals surface area contributed by atoms with E-state index in [1.54, 1.807) is 6.20 Å². The number of rotatable bonds is 9. The fourth-order valence-electron chi connectivity index (χ4n) is 4.28.